The Morgan fingerprint density at radius 3 is 2.50 bits per heavy atom. The summed E-state index contributed by atoms with van der Waals surface area (Å²) in [5.41, 5.74) is 4.54. The molecule has 0 fully saturated rings. The Morgan fingerprint density at radius 1 is 1.00 bits per heavy atom. The van der Waals surface area contributed by atoms with Crippen LogP contribution in [0.15, 0.2) is 76.0 Å². The molecule has 0 amide bonds. The minimum Gasteiger partial charge on any atom is -0.192 e. The number of nitrogens with zero attached hydrogens (tertiary/aromatic N) is 3. The van der Waals surface area contributed by atoms with Gasteiger partial charge in [0.2, 0.25) is 0 Å². The Bertz CT molecular complexity index is 748. The first-order valence-electron chi connectivity index (χ1n) is 6.08. The summed E-state index contributed by atoms with van der Waals surface area (Å²) in [6.07, 6.45) is 15.0. The van der Waals surface area contributed by atoms with Gasteiger partial charge < -0.3 is 0 Å². The number of rotatable bonds is 2. The van der Waals surface area contributed by atoms with Gasteiger partial charge in [-0.3, -0.25) is 0 Å². The van der Waals surface area contributed by atoms with Crippen LogP contribution in [0.1, 0.15) is 11.1 Å². The zero-order valence-corrected chi connectivity index (χ0v) is 10.5. The van der Waals surface area contributed by atoms with Crippen molar-refractivity contribution in [3.8, 4) is 6.07 Å². The van der Waals surface area contributed by atoms with Crippen molar-refractivity contribution in [3.63, 3.8) is 0 Å². The highest BCUT2D eigenvalue weighted by Crippen LogP contribution is 2.27. The smallest absolute Gasteiger partial charge is 0.192 e. The van der Waals surface area contributed by atoms with Gasteiger partial charge in [-0.15, -0.1) is 4.99 Å². The van der Waals surface area contributed by atoms with E-state index in [4.69, 9.17) is 5.26 Å². The molecule has 1 aromatic carbocycles. The molecule has 20 heavy (non-hydrogen) atoms. The molecule has 2 aliphatic rings. The van der Waals surface area contributed by atoms with Gasteiger partial charge in [0.25, 0.3) is 0 Å². The first kappa shape index (κ1) is 11.9. The summed E-state index contributed by atoms with van der Waals surface area (Å²) in [4.78, 5) is 7.98. The third-order valence-electron chi connectivity index (χ3n) is 3.00. The molecule has 0 saturated heterocycles. The molecule has 2 heterocycles. The zero-order valence-electron chi connectivity index (χ0n) is 10.5. The van der Waals surface area contributed by atoms with Crippen LogP contribution in [0.4, 0.5) is 0 Å². The fraction of sp³-hybridized carbons (Fsp3) is 0. The maximum Gasteiger partial charge on any atom is 0.197 e. The van der Waals surface area contributed by atoms with E-state index in [9.17, 15) is 0 Å². The number of nitriles is 1. The molecule has 0 N–H and O–H groups in total. The van der Waals surface area contributed by atoms with Crippen LogP contribution in [0.25, 0.3) is 5.57 Å². The lowest BCUT2D eigenvalue weighted by atomic mass is 9.93. The Morgan fingerprint density at radius 2 is 1.80 bits per heavy atom. The van der Waals surface area contributed by atoms with E-state index in [1.54, 1.807) is 24.5 Å². The van der Waals surface area contributed by atoms with Gasteiger partial charge in [0.15, 0.2) is 11.8 Å². The van der Waals surface area contributed by atoms with E-state index >= 15 is 0 Å². The highest BCUT2D eigenvalue weighted by molar-refractivity contribution is 6.14. The van der Waals surface area contributed by atoms with Crippen molar-refractivity contribution >= 4 is 18.0 Å². The first-order chi connectivity index (χ1) is 9.88. The van der Waals surface area contributed by atoms with E-state index in [-0.39, 0.29) is 0 Å². The standard InChI is InChI=1S/C17H9N3/c18-11-13-1-3-14(4-2-13)17-12-20-10-7-16(17)15-5-8-19-9-6-15/h1-8,10H/q+2. The molecule has 0 bridgehead atoms. The molecule has 1 aromatic rings. The maximum atomic E-state index is 8.85. The first-order valence-corrected chi connectivity index (χ1v) is 6.08. The fourth-order valence-electron chi connectivity index (χ4n) is 2.01. The molecule has 0 aliphatic carbocycles. The van der Waals surface area contributed by atoms with Crippen molar-refractivity contribution in [2.45, 2.75) is 0 Å². The van der Waals surface area contributed by atoms with Crippen molar-refractivity contribution in [1.82, 2.24) is 0 Å². The molecule has 0 radical (unpaired) electrons. The minimum atomic E-state index is 0.636. The van der Waals surface area contributed by atoms with Crippen LogP contribution in [0.2, 0.25) is 0 Å². The summed E-state index contributed by atoms with van der Waals surface area (Å²) in [5.74, 6) is 0. The molecule has 0 aromatic heterocycles. The largest absolute Gasteiger partial charge is 0.197 e. The van der Waals surface area contributed by atoms with E-state index in [2.05, 4.69) is 28.5 Å². The van der Waals surface area contributed by atoms with Gasteiger partial charge in [-0.2, -0.15) is 5.26 Å². The van der Waals surface area contributed by atoms with Crippen LogP contribution in [0.3, 0.4) is 0 Å². The molecule has 0 unspecified atom stereocenters. The number of allylic oxidation sites excluding steroid dienone is 6. The van der Waals surface area contributed by atoms with Crippen molar-refractivity contribution in [1.29, 1.82) is 5.26 Å². The van der Waals surface area contributed by atoms with Gasteiger partial charge in [0.05, 0.1) is 29.3 Å². The Labute approximate surface area is 117 Å². The summed E-state index contributed by atoms with van der Waals surface area (Å²) in [6.45, 7) is 0. The maximum absolute atomic E-state index is 8.85. The predicted octanol–water partition coefficient (Wildman–Crippen LogP) is 3.19. The van der Waals surface area contributed by atoms with E-state index in [1.807, 2.05) is 30.4 Å². The second kappa shape index (κ2) is 5.22. The molecule has 2 aliphatic heterocycles. The van der Waals surface area contributed by atoms with Gasteiger partial charge in [-0.25, -0.2) is 0 Å². The molecule has 3 nitrogen and oxygen atoms in total. The summed E-state index contributed by atoms with van der Waals surface area (Å²) in [7, 11) is 0. The van der Waals surface area contributed by atoms with Crippen molar-refractivity contribution in [2.24, 2.45) is 9.98 Å². The molecular weight excluding hydrogens is 246 g/mol. The summed E-state index contributed by atoms with van der Waals surface area (Å²) >= 11 is 0. The van der Waals surface area contributed by atoms with Crippen LogP contribution in [0, 0.1) is 11.3 Å². The molecule has 0 saturated carbocycles. The summed E-state index contributed by atoms with van der Waals surface area (Å²) in [5, 5.41) is 8.85. The lowest BCUT2D eigenvalue weighted by Gasteiger charge is -2.01. The highest BCUT2D eigenvalue weighted by atomic mass is 14.7. The fourth-order valence-corrected chi connectivity index (χ4v) is 2.01. The highest BCUT2D eigenvalue weighted by Gasteiger charge is 2.24. The van der Waals surface area contributed by atoms with E-state index in [1.165, 1.54) is 0 Å². The van der Waals surface area contributed by atoms with Crippen molar-refractivity contribution < 1.29 is 0 Å². The second-order valence-corrected chi connectivity index (χ2v) is 4.21. The van der Waals surface area contributed by atoms with E-state index in [0.29, 0.717) is 5.56 Å². The molecule has 3 rings (SSSR count). The monoisotopic (exact) mass is 255 g/mol. The SMILES string of the molecule is N#Cc1ccc(C2=C(C3=C[C+]=NC=C3)C=CN=[C+]2)cc1. The van der Waals surface area contributed by atoms with E-state index < -0.39 is 0 Å². The average molecular weight is 255 g/mol. The number of hydrogen-bond acceptors (Lipinski definition) is 3. The second-order valence-electron chi connectivity index (χ2n) is 4.21. The number of aliphatic imine (C=N–C) groups is 2. The van der Waals surface area contributed by atoms with Crippen LogP contribution in [-0.2, 0) is 0 Å². The van der Waals surface area contributed by atoms with Gasteiger partial charge in [0.1, 0.15) is 35.8 Å². The lowest BCUT2D eigenvalue weighted by Crippen LogP contribution is -1.98. The van der Waals surface area contributed by atoms with Crippen LogP contribution < -0.4 is 0 Å². The molecule has 0 atom stereocenters. The Balaban J connectivity index is 2.10. The van der Waals surface area contributed by atoms with Crippen LogP contribution >= 0.6 is 0 Å². The van der Waals surface area contributed by atoms with Gasteiger partial charge >= 0.3 is 0 Å². The van der Waals surface area contributed by atoms with Crippen molar-refractivity contribution in [3.05, 3.63) is 77.2 Å². The molecule has 3 heteroatoms. The minimum absolute atomic E-state index is 0.636. The van der Waals surface area contributed by atoms with Crippen LogP contribution in [-0.4, -0.2) is 12.4 Å². The summed E-state index contributed by atoms with van der Waals surface area (Å²) < 4.78 is 0. The third-order valence-corrected chi connectivity index (χ3v) is 3.00. The number of hydrogen-bond donors (Lipinski definition) is 0. The van der Waals surface area contributed by atoms with Crippen LogP contribution in [0.5, 0.6) is 0 Å². The quantitative estimate of drug-likeness (QED) is 0.749. The predicted molar refractivity (Wildman–Crippen MR) is 79.3 cm³/mol. The molecular formula is C17H9N3+2. The average Bonchev–Trinajstić information content (AvgIpc) is 2.56. The molecule has 0 spiro atoms. The Hall–Kier alpha value is -3.17. The van der Waals surface area contributed by atoms with Gasteiger partial charge in [-0.05, 0) is 24.3 Å². The zero-order chi connectivity index (χ0) is 13.8. The third kappa shape index (κ3) is 2.21. The lowest BCUT2D eigenvalue weighted by molar-refractivity contribution is 1.43. The van der Waals surface area contributed by atoms with Gasteiger partial charge in [-0.1, -0.05) is 4.99 Å². The van der Waals surface area contributed by atoms with E-state index in [0.717, 1.165) is 22.3 Å². The van der Waals surface area contributed by atoms with Crippen molar-refractivity contribution in [2.75, 3.05) is 0 Å². The number of benzene rings is 1. The Kier molecular flexibility index (Phi) is 3.10. The summed E-state index contributed by atoms with van der Waals surface area (Å²) in [6, 6.07) is 9.50. The van der Waals surface area contributed by atoms with Gasteiger partial charge in [0, 0.05) is 0 Å². The molecule has 90 valence electrons. The topological polar surface area (TPSA) is 48.5 Å². The normalized spacial score (nSPS) is 15.4.